The molecule has 1 N–H and O–H groups in total. The standard InChI is InChI=1S/C23H23NO3/c1-23(16-21(25)27-2,22(26)18-9-4-3-5-10-18)15-14-19-13-12-17-8-6-7-11-20(17)24-19/h3-15,22,26H,16H2,1-2H3. The molecular formula is C23H23NO3. The van der Waals surface area contributed by atoms with Crippen LogP contribution in [0, 0.1) is 5.41 Å². The third kappa shape index (κ3) is 4.41. The smallest absolute Gasteiger partial charge is 0.306 e. The van der Waals surface area contributed by atoms with E-state index < -0.39 is 11.5 Å². The van der Waals surface area contributed by atoms with Gasteiger partial charge in [0.05, 0.1) is 30.8 Å². The van der Waals surface area contributed by atoms with Crippen LogP contribution in [0.4, 0.5) is 0 Å². The molecule has 4 nitrogen and oxygen atoms in total. The molecule has 2 unspecified atom stereocenters. The second kappa shape index (κ2) is 8.14. The van der Waals surface area contributed by atoms with Gasteiger partial charge >= 0.3 is 5.97 Å². The molecular weight excluding hydrogens is 338 g/mol. The Morgan fingerprint density at radius 3 is 2.56 bits per heavy atom. The third-order valence-corrected chi connectivity index (χ3v) is 4.75. The lowest BCUT2D eigenvalue weighted by molar-refractivity contribution is -0.144. The van der Waals surface area contributed by atoms with Crippen molar-refractivity contribution in [1.29, 1.82) is 0 Å². The Kier molecular flexibility index (Phi) is 5.67. The van der Waals surface area contributed by atoms with Crippen molar-refractivity contribution in [1.82, 2.24) is 4.98 Å². The molecule has 3 rings (SSSR count). The number of aromatic nitrogens is 1. The number of nitrogens with zero attached hydrogens (tertiary/aromatic N) is 1. The number of para-hydroxylation sites is 1. The number of fused-ring (bicyclic) bond motifs is 1. The summed E-state index contributed by atoms with van der Waals surface area (Å²) in [5.74, 6) is -0.372. The quantitative estimate of drug-likeness (QED) is 0.654. The summed E-state index contributed by atoms with van der Waals surface area (Å²) in [5.41, 5.74) is 1.59. The van der Waals surface area contributed by atoms with E-state index >= 15 is 0 Å². The number of ether oxygens (including phenoxy) is 1. The van der Waals surface area contributed by atoms with Crippen molar-refractivity contribution in [3.05, 3.63) is 84.1 Å². The first-order valence-electron chi connectivity index (χ1n) is 8.87. The molecule has 0 aliphatic heterocycles. The number of hydrogen-bond acceptors (Lipinski definition) is 4. The number of esters is 1. The minimum atomic E-state index is -0.852. The van der Waals surface area contributed by atoms with Gasteiger partial charge in [0.25, 0.3) is 0 Å². The summed E-state index contributed by atoms with van der Waals surface area (Å²) in [6.45, 7) is 1.85. The number of carbonyl (C=O) groups is 1. The van der Waals surface area contributed by atoms with Gasteiger partial charge in [-0.25, -0.2) is 4.98 Å². The molecule has 2 atom stereocenters. The molecule has 0 aliphatic rings. The van der Waals surface area contributed by atoms with Crippen LogP contribution in [0.1, 0.15) is 30.7 Å². The molecule has 0 amide bonds. The van der Waals surface area contributed by atoms with Gasteiger partial charge in [0.2, 0.25) is 0 Å². The van der Waals surface area contributed by atoms with E-state index in [1.54, 1.807) is 0 Å². The lowest BCUT2D eigenvalue weighted by Gasteiger charge is -2.31. The molecule has 0 fully saturated rings. The van der Waals surface area contributed by atoms with E-state index in [2.05, 4.69) is 4.98 Å². The highest BCUT2D eigenvalue weighted by Crippen LogP contribution is 2.39. The first-order chi connectivity index (χ1) is 13.0. The van der Waals surface area contributed by atoms with Gasteiger partial charge in [0.15, 0.2) is 0 Å². The number of aliphatic hydroxyl groups is 1. The second-order valence-corrected chi connectivity index (χ2v) is 6.83. The van der Waals surface area contributed by atoms with Crippen LogP contribution in [0.3, 0.4) is 0 Å². The number of aliphatic hydroxyl groups excluding tert-OH is 1. The number of methoxy groups -OCH3 is 1. The number of benzene rings is 2. The lowest BCUT2D eigenvalue weighted by Crippen LogP contribution is -2.27. The zero-order valence-corrected chi connectivity index (χ0v) is 15.5. The van der Waals surface area contributed by atoms with Gasteiger partial charge < -0.3 is 9.84 Å². The van der Waals surface area contributed by atoms with Crippen molar-refractivity contribution in [3.63, 3.8) is 0 Å². The van der Waals surface area contributed by atoms with Crippen LogP contribution in [0.15, 0.2) is 72.8 Å². The Morgan fingerprint density at radius 1 is 1.11 bits per heavy atom. The maximum absolute atomic E-state index is 12.0. The van der Waals surface area contributed by atoms with Crippen LogP contribution in [0.5, 0.6) is 0 Å². The third-order valence-electron chi connectivity index (χ3n) is 4.75. The van der Waals surface area contributed by atoms with Crippen molar-refractivity contribution in [2.24, 2.45) is 5.41 Å². The predicted molar refractivity (Wildman–Crippen MR) is 107 cm³/mol. The Labute approximate surface area is 159 Å². The van der Waals surface area contributed by atoms with E-state index in [0.717, 1.165) is 22.2 Å². The van der Waals surface area contributed by atoms with Crippen molar-refractivity contribution >= 4 is 22.9 Å². The van der Waals surface area contributed by atoms with Crippen LogP contribution < -0.4 is 0 Å². The highest BCUT2D eigenvalue weighted by Gasteiger charge is 2.34. The molecule has 27 heavy (non-hydrogen) atoms. The Hall–Kier alpha value is -2.98. The Morgan fingerprint density at radius 2 is 1.81 bits per heavy atom. The molecule has 0 saturated heterocycles. The van der Waals surface area contributed by atoms with Gasteiger partial charge in [-0.3, -0.25) is 4.79 Å². The van der Waals surface area contributed by atoms with Crippen LogP contribution >= 0.6 is 0 Å². The van der Waals surface area contributed by atoms with Gasteiger partial charge in [0, 0.05) is 10.8 Å². The molecule has 0 spiro atoms. The van der Waals surface area contributed by atoms with Crippen molar-refractivity contribution in [3.8, 4) is 0 Å². The number of rotatable bonds is 6. The Bertz CT molecular complexity index is 952. The van der Waals surface area contributed by atoms with Crippen molar-refractivity contribution < 1.29 is 14.6 Å². The van der Waals surface area contributed by atoms with Crippen LogP contribution in [0.2, 0.25) is 0 Å². The zero-order chi connectivity index (χ0) is 19.3. The molecule has 138 valence electrons. The van der Waals surface area contributed by atoms with Crippen LogP contribution in [-0.2, 0) is 9.53 Å². The lowest BCUT2D eigenvalue weighted by atomic mass is 9.77. The second-order valence-electron chi connectivity index (χ2n) is 6.83. The van der Waals surface area contributed by atoms with E-state index in [4.69, 9.17) is 4.74 Å². The molecule has 2 aromatic carbocycles. The molecule has 3 aromatic rings. The first-order valence-corrected chi connectivity index (χ1v) is 8.87. The predicted octanol–water partition coefficient (Wildman–Crippen LogP) is 4.55. The monoisotopic (exact) mass is 361 g/mol. The summed E-state index contributed by atoms with van der Waals surface area (Å²) in [6.07, 6.45) is 2.90. The summed E-state index contributed by atoms with van der Waals surface area (Å²) in [6, 6.07) is 21.1. The molecule has 0 saturated carbocycles. The zero-order valence-electron chi connectivity index (χ0n) is 15.5. The molecule has 4 heteroatoms. The summed E-state index contributed by atoms with van der Waals surface area (Å²) >= 11 is 0. The number of hydrogen-bond donors (Lipinski definition) is 1. The first kappa shape index (κ1) is 18.8. The number of pyridine rings is 1. The van der Waals surface area contributed by atoms with Crippen LogP contribution in [-0.4, -0.2) is 23.2 Å². The van der Waals surface area contributed by atoms with Gasteiger partial charge in [0.1, 0.15) is 0 Å². The summed E-state index contributed by atoms with van der Waals surface area (Å²) in [4.78, 5) is 16.6. The van der Waals surface area contributed by atoms with E-state index in [1.165, 1.54) is 7.11 Å². The average Bonchev–Trinajstić information content (AvgIpc) is 2.72. The van der Waals surface area contributed by atoms with Crippen molar-refractivity contribution in [2.75, 3.05) is 7.11 Å². The fourth-order valence-corrected chi connectivity index (χ4v) is 3.10. The molecule has 1 heterocycles. The maximum Gasteiger partial charge on any atom is 0.306 e. The maximum atomic E-state index is 12.0. The highest BCUT2D eigenvalue weighted by molar-refractivity contribution is 5.79. The summed E-state index contributed by atoms with van der Waals surface area (Å²) in [5, 5.41) is 12.0. The molecule has 1 aromatic heterocycles. The van der Waals surface area contributed by atoms with Gasteiger partial charge in [-0.2, -0.15) is 0 Å². The SMILES string of the molecule is COC(=O)CC(C)(C=Cc1ccc2ccccc2n1)C(O)c1ccccc1. The average molecular weight is 361 g/mol. The highest BCUT2D eigenvalue weighted by atomic mass is 16.5. The minimum Gasteiger partial charge on any atom is -0.469 e. The largest absolute Gasteiger partial charge is 0.469 e. The topological polar surface area (TPSA) is 59.4 Å². The molecule has 0 bridgehead atoms. The van der Waals surface area contributed by atoms with E-state index in [0.29, 0.717) is 0 Å². The molecule has 0 aliphatic carbocycles. The van der Waals surface area contributed by atoms with Gasteiger partial charge in [-0.15, -0.1) is 0 Å². The normalized spacial score (nSPS) is 14.8. The van der Waals surface area contributed by atoms with Crippen molar-refractivity contribution in [2.45, 2.75) is 19.4 Å². The van der Waals surface area contributed by atoms with Crippen LogP contribution in [0.25, 0.3) is 17.0 Å². The molecule has 0 radical (unpaired) electrons. The summed E-state index contributed by atoms with van der Waals surface area (Å²) in [7, 11) is 1.35. The van der Waals surface area contributed by atoms with E-state index in [-0.39, 0.29) is 12.4 Å². The minimum absolute atomic E-state index is 0.0592. The fourth-order valence-electron chi connectivity index (χ4n) is 3.10. The van der Waals surface area contributed by atoms with Gasteiger partial charge in [-0.1, -0.05) is 67.6 Å². The number of carbonyl (C=O) groups excluding carboxylic acids is 1. The van der Waals surface area contributed by atoms with E-state index in [1.807, 2.05) is 85.8 Å². The Balaban J connectivity index is 1.94. The van der Waals surface area contributed by atoms with E-state index in [9.17, 15) is 9.90 Å². The fraction of sp³-hybridized carbons (Fsp3) is 0.217. The summed E-state index contributed by atoms with van der Waals surface area (Å²) < 4.78 is 4.84. The van der Waals surface area contributed by atoms with Gasteiger partial charge in [-0.05, 0) is 23.8 Å².